The summed E-state index contributed by atoms with van der Waals surface area (Å²) in [7, 11) is 0. The number of pyridine rings is 1. The summed E-state index contributed by atoms with van der Waals surface area (Å²) in [6.45, 7) is 5.22. The van der Waals surface area contributed by atoms with E-state index >= 15 is 0 Å². The molecule has 6 heteroatoms. The van der Waals surface area contributed by atoms with Gasteiger partial charge in [-0.2, -0.15) is 0 Å². The summed E-state index contributed by atoms with van der Waals surface area (Å²) in [6, 6.07) is 1.27. The van der Waals surface area contributed by atoms with Crippen LogP contribution in [0.1, 0.15) is 41.5 Å². The second-order valence-electron chi connectivity index (χ2n) is 4.43. The van der Waals surface area contributed by atoms with Gasteiger partial charge in [0.05, 0.1) is 11.1 Å². The first-order valence-corrected chi connectivity index (χ1v) is 5.27. The number of halogens is 1. The molecule has 0 unspecified atom stereocenters. The van der Waals surface area contributed by atoms with Crippen molar-refractivity contribution in [2.75, 3.05) is 5.73 Å². The van der Waals surface area contributed by atoms with E-state index in [0.29, 0.717) is 0 Å². The molecule has 1 aromatic rings. The molecule has 5 nitrogen and oxygen atoms in total. The van der Waals surface area contributed by atoms with E-state index in [2.05, 4.69) is 4.98 Å². The van der Waals surface area contributed by atoms with Crippen molar-refractivity contribution in [1.29, 1.82) is 0 Å². The maximum atomic E-state index is 11.7. The van der Waals surface area contributed by atoms with Gasteiger partial charge in [0.1, 0.15) is 11.4 Å². The Morgan fingerprint density at radius 1 is 1.41 bits per heavy atom. The van der Waals surface area contributed by atoms with E-state index in [1.54, 1.807) is 20.8 Å². The molecule has 0 aliphatic carbocycles. The molecule has 0 saturated carbocycles. The SMILES string of the molecule is CC(C)(C)OC(=O)c1cnc(N)c(C(=O)Cl)c1. The summed E-state index contributed by atoms with van der Waals surface area (Å²) in [5.41, 5.74) is 4.96. The molecule has 0 radical (unpaired) electrons. The lowest BCUT2D eigenvalue weighted by molar-refractivity contribution is 0.00691. The monoisotopic (exact) mass is 256 g/mol. The Labute approximate surface area is 104 Å². The van der Waals surface area contributed by atoms with E-state index in [-0.39, 0.29) is 16.9 Å². The van der Waals surface area contributed by atoms with Gasteiger partial charge in [0.25, 0.3) is 5.24 Å². The third kappa shape index (κ3) is 3.71. The van der Waals surface area contributed by atoms with Crippen molar-refractivity contribution < 1.29 is 14.3 Å². The van der Waals surface area contributed by atoms with Gasteiger partial charge in [0.15, 0.2) is 0 Å². The Kier molecular flexibility index (Phi) is 3.72. The van der Waals surface area contributed by atoms with Crippen molar-refractivity contribution in [3.8, 4) is 0 Å². The van der Waals surface area contributed by atoms with Crippen LogP contribution in [0, 0.1) is 0 Å². The molecule has 0 saturated heterocycles. The van der Waals surface area contributed by atoms with Gasteiger partial charge >= 0.3 is 5.97 Å². The Hall–Kier alpha value is -1.62. The largest absolute Gasteiger partial charge is 0.456 e. The van der Waals surface area contributed by atoms with Gasteiger partial charge < -0.3 is 10.5 Å². The average Bonchev–Trinajstić information content (AvgIpc) is 2.14. The highest BCUT2D eigenvalue weighted by Crippen LogP contribution is 2.16. The quantitative estimate of drug-likeness (QED) is 0.646. The molecule has 0 aliphatic rings. The zero-order chi connectivity index (χ0) is 13.2. The van der Waals surface area contributed by atoms with Gasteiger partial charge in [0.2, 0.25) is 0 Å². The minimum atomic E-state index is -0.764. The first-order valence-electron chi connectivity index (χ1n) is 4.89. The molecule has 92 valence electrons. The predicted molar refractivity (Wildman–Crippen MR) is 64.0 cm³/mol. The van der Waals surface area contributed by atoms with Crippen LogP contribution in [-0.4, -0.2) is 21.8 Å². The standard InChI is InChI=1S/C11H13ClN2O3/c1-11(2,3)17-10(16)6-4-7(8(12)15)9(13)14-5-6/h4-5H,1-3H3,(H2,13,14). The molecule has 2 N–H and O–H groups in total. The van der Waals surface area contributed by atoms with Crippen LogP contribution in [0.25, 0.3) is 0 Å². The Morgan fingerprint density at radius 2 is 2.00 bits per heavy atom. The number of aromatic nitrogens is 1. The van der Waals surface area contributed by atoms with Crippen molar-refractivity contribution in [1.82, 2.24) is 4.98 Å². The number of nitrogens with two attached hydrogens (primary N) is 1. The Bertz CT molecular complexity index is 466. The minimum Gasteiger partial charge on any atom is -0.456 e. The molecule has 1 rings (SSSR count). The van der Waals surface area contributed by atoms with Crippen molar-refractivity contribution in [3.05, 3.63) is 23.4 Å². The van der Waals surface area contributed by atoms with Crippen LogP contribution in [0.15, 0.2) is 12.3 Å². The highest BCUT2D eigenvalue weighted by molar-refractivity contribution is 6.68. The summed E-state index contributed by atoms with van der Waals surface area (Å²) in [5, 5.41) is -0.764. The average molecular weight is 257 g/mol. The third-order valence-electron chi connectivity index (χ3n) is 1.76. The minimum absolute atomic E-state index is 0.00461. The summed E-state index contributed by atoms with van der Waals surface area (Å²) in [5.74, 6) is -0.596. The van der Waals surface area contributed by atoms with E-state index in [4.69, 9.17) is 22.1 Å². The van der Waals surface area contributed by atoms with Crippen LogP contribution in [0.2, 0.25) is 0 Å². The number of carbonyl (C=O) groups is 2. The van der Waals surface area contributed by atoms with Crippen molar-refractivity contribution >= 4 is 28.6 Å². The normalized spacial score (nSPS) is 11.1. The molecule has 0 amide bonds. The maximum absolute atomic E-state index is 11.7. The number of anilines is 1. The lowest BCUT2D eigenvalue weighted by atomic mass is 10.1. The zero-order valence-corrected chi connectivity index (χ0v) is 10.5. The lowest BCUT2D eigenvalue weighted by Crippen LogP contribution is -2.24. The smallest absolute Gasteiger partial charge is 0.340 e. The first kappa shape index (κ1) is 13.4. The number of hydrogen-bond acceptors (Lipinski definition) is 5. The van der Waals surface area contributed by atoms with Crippen molar-refractivity contribution in [3.63, 3.8) is 0 Å². The molecule has 0 fully saturated rings. The summed E-state index contributed by atoms with van der Waals surface area (Å²) < 4.78 is 5.12. The van der Waals surface area contributed by atoms with E-state index in [9.17, 15) is 9.59 Å². The first-order chi connectivity index (χ1) is 7.70. The molecule has 0 spiro atoms. The van der Waals surface area contributed by atoms with E-state index in [1.807, 2.05) is 0 Å². The number of carbonyl (C=O) groups excluding carboxylic acids is 2. The fourth-order valence-corrected chi connectivity index (χ4v) is 1.23. The summed E-state index contributed by atoms with van der Waals surface area (Å²) >= 11 is 5.31. The van der Waals surface area contributed by atoms with Crippen LogP contribution in [-0.2, 0) is 4.74 Å². The van der Waals surface area contributed by atoms with Crippen LogP contribution >= 0.6 is 11.6 Å². The van der Waals surface area contributed by atoms with E-state index in [0.717, 1.165) is 0 Å². The second-order valence-corrected chi connectivity index (χ2v) is 4.78. The molecule has 0 bridgehead atoms. The summed E-state index contributed by atoms with van der Waals surface area (Å²) in [4.78, 5) is 26.4. The van der Waals surface area contributed by atoms with E-state index < -0.39 is 16.8 Å². The maximum Gasteiger partial charge on any atom is 0.340 e. The molecule has 0 aliphatic heterocycles. The van der Waals surface area contributed by atoms with Crippen LogP contribution < -0.4 is 5.73 Å². The Morgan fingerprint density at radius 3 is 2.47 bits per heavy atom. The van der Waals surface area contributed by atoms with Gasteiger partial charge in [0, 0.05) is 6.20 Å². The molecule has 17 heavy (non-hydrogen) atoms. The second kappa shape index (κ2) is 4.71. The predicted octanol–water partition coefficient (Wildman–Crippen LogP) is 2.00. The van der Waals surface area contributed by atoms with Gasteiger partial charge in [-0.3, -0.25) is 4.79 Å². The van der Waals surface area contributed by atoms with Gasteiger partial charge in [-0.1, -0.05) is 0 Å². The molecule has 0 atom stereocenters. The summed E-state index contributed by atoms with van der Waals surface area (Å²) in [6.07, 6.45) is 1.24. The zero-order valence-electron chi connectivity index (χ0n) is 9.78. The Balaban J connectivity index is 3.04. The van der Waals surface area contributed by atoms with Crippen LogP contribution in [0.4, 0.5) is 5.82 Å². The van der Waals surface area contributed by atoms with Crippen LogP contribution in [0.5, 0.6) is 0 Å². The third-order valence-corrected chi connectivity index (χ3v) is 1.97. The van der Waals surface area contributed by atoms with Gasteiger partial charge in [-0.15, -0.1) is 0 Å². The van der Waals surface area contributed by atoms with Crippen LogP contribution in [0.3, 0.4) is 0 Å². The molecule has 0 aromatic carbocycles. The lowest BCUT2D eigenvalue weighted by Gasteiger charge is -2.19. The number of nitrogens with zero attached hydrogens (tertiary/aromatic N) is 1. The van der Waals surface area contributed by atoms with Gasteiger partial charge in [-0.05, 0) is 38.4 Å². The number of hydrogen-bond donors (Lipinski definition) is 1. The molecule has 1 heterocycles. The highest BCUT2D eigenvalue weighted by atomic mass is 35.5. The fourth-order valence-electron chi connectivity index (χ4n) is 1.08. The fraction of sp³-hybridized carbons (Fsp3) is 0.364. The number of esters is 1. The van der Waals surface area contributed by atoms with Crippen molar-refractivity contribution in [2.24, 2.45) is 0 Å². The molecular formula is C11H13ClN2O3. The van der Waals surface area contributed by atoms with Crippen molar-refractivity contribution in [2.45, 2.75) is 26.4 Å². The van der Waals surface area contributed by atoms with E-state index in [1.165, 1.54) is 12.3 Å². The van der Waals surface area contributed by atoms with Gasteiger partial charge in [-0.25, -0.2) is 9.78 Å². The number of nitrogen functional groups attached to an aromatic ring is 1. The number of rotatable bonds is 2. The molecule has 1 aromatic heterocycles. The number of ether oxygens (including phenoxy) is 1. The molecular weight excluding hydrogens is 244 g/mol. The topological polar surface area (TPSA) is 82.3 Å². The highest BCUT2D eigenvalue weighted by Gasteiger charge is 2.20.